The topological polar surface area (TPSA) is 87.1 Å². The maximum Gasteiger partial charge on any atom is 0.357 e. The van der Waals surface area contributed by atoms with Crippen LogP contribution >= 0.6 is 11.3 Å². The molecule has 7 nitrogen and oxygen atoms in total. The second-order valence-corrected chi connectivity index (χ2v) is 4.87. The summed E-state index contributed by atoms with van der Waals surface area (Å²) < 4.78 is 1.81. The van der Waals surface area contributed by atoms with E-state index in [0.29, 0.717) is 0 Å². The van der Waals surface area contributed by atoms with Crippen LogP contribution in [0, 0.1) is 10.1 Å². The van der Waals surface area contributed by atoms with Crippen molar-refractivity contribution >= 4 is 29.2 Å². The molecule has 2 aromatic heterocycles. The Morgan fingerprint density at radius 1 is 1.25 bits per heavy atom. The lowest BCUT2D eigenvalue weighted by molar-refractivity contribution is -0.387. The molecule has 0 aliphatic carbocycles. The van der Waals surface area contributed by atoms with Gasteiger partial charge in [0.05, 0.1) is 4.92 Å². The van der Waals surface area contributed by atoms with Crippen LogP contribution in [-0.2, 0) is 14.1 Å². The number of thiophene rings is 1. The molecule has 2 rings (SSSR count). The van der Waals surface area contributed by atoms with Gasteiger partial charge in [0.25, 0.3) is 0 Å². The molecule has 0 radical (unpaired) electrons. The van der Waals surface area contributed by atoms with E-state index in [1.165, 1.54) is 31.5 Å². The van der Waals surface area contributed by atoms with Gasteiger partial charge in [0.15, 0.2) is 0 Å². The van der Waals surface area contributed by atoms with Crippen molar-refractivity contribution in [3.63, 3.8) is 0 Å². The molecule has 0 fully saturated rings. The van der Waals surface area contributed by atoms with Crippen LogP contribution in [0.1, 0.15) is 11.3 Å². The van der Waals surface area contributed by atoms with E-state index in [4.69, 9.17) is 0 Å². The van der Waals surface area contributed by atoms with Gasteiger partial charge in [-0.25, -0.2) is 4.79 Å². The van der Waals surface area contributed by atoms with E-state index < -0.39 is 21.9 Å². The predicted molar refractivity (Wildman–Crippen MR) is 76.8 cm³/mol. The number of hydrogen-bond acceptors (Lipinski definition) is 5. The normalized spacial score (nSPS) is 11.1. The van der Waals surface area contributed by atoms with E-state index in [-0.39, 0.29) is 5.69 Å². The van der Waals surface area contributed by atoms with Gasteiger partial charge in [0.1, 0.15) is 5.69 Å². The molecule has 0 saturated heterocycles. The molecule has 0 spiro atoms. The summed E-state index contributed by atoms with van der Waals surface area (Å²) >= 11 is 1.48. The summed E-state index contributed by atoms with van der Waals surface area (Å²) in [4.78, 5) is 34.0. The zero-order valence-electron chi connectivity index (χ0n) is 10.8. The minimum atomic E-state index is -0.914. The van der Waals surface area contributed by atoms with Crippen LogP contribution in [0.4, 0.5) is 5.69 Å². The summed E-state index contributed by atoms with van der Waals surface area (Å²) in [5, 5.41) is 14.8. The number of nitro groups is 1. The highest BCUT2D eigenvalue weighted by Crippen LogP contribution is 2.15. The standard InChI is InChI=1S/C12H11N3O4S/c1-13-9(4-3-8-5-6-20-7-8)10(15(18)19)11(16)14(2)12(13)17/h3-7H,1-2H3/b4-3+. The average Bonchev–Trinajstić information content (AvgIpc) is 2.91. The lowest BCUT2D eigenvalue weighted by Crippen LogP contribution is -2.39. The lowest BCUT2D eigenvalue weighted by atomic mass is 10.2. The Balaban J connectivity index is 2.71. The van der Waals surface area contributed by atoms with Crippen LogP contribution in [0.5, 0.6) is 0 Å². The van der Waals surface area contributed by atoms with E-state index in [1.807, 2.05) is 16.8 Å². The van der Waals surface area contributed by atoms with Gasteiger partial charge in [0, 0.05) is 14.1 Å². The molecule has 0 atom stereocenters. The van der Waals surface area contributed by atoms with Crippen LogP contribution in [0.25, 0.3) is 12.2 Å². The van der Waals surface area contributed by atoms with Gasteiger partial charge in [0.2, 0.25) is 0 Å². The van der Waals surface area contributed by atoms with Crippen molar-refractivity contribution in [2.75, 3.05) is 0 Å². The summed E-state index contributed by atoms with van der Waals surface area (Å²) in [5.41, 5.74) is -1.30. The molecule has 0 N–H and O–H groups in total. The van der Waals surface area contributed by atoms with Gasteiger partial charge < -0.3 is 0 Å². The highest BCUT2D eigenvalue weighted by molar-refractivity contribution is 7.08. The number of nitrogens with zero attached hydrogens (tertiary/aromatic N) is 3. The molecule has 0 aliphatic rings. The van der Waals surface area contributed by atoms with E-state index in [1.54, 1.807) is 6.08 Å². The summed E-state index contributed by atoms with van der Waals surface area (Å²) in [6.45, 7) is 0. The van der Waals surface area contributed by atoms with Crippen LogP contribution < -0.4 is 11.2 Å². The monoisotopic (exact) mass is 293 g/mol. The van der Waals surface area contributed by atoms with Gasteiger partial charge >= 0.3 is 16.9 Å². The molecule has 0 amide bonds. The summed E-state index contributed by atoms with van der Waals surface area (Å²) in [6, 6.07) is 1.83. The van der Waals surface area contributed by atoms with E-state index in [2.05, 4.69) is 0 Å². The fraction of sp³-hybridized carbons (Fsp3) is 0.167. The maximum atomic E-state index is 11.8. The van der Waals surface area contributed by atoms with Crippen molar-refractivity contribution in [1.82, 2.24) is 9.13 Å². The van der Waals surface area contributed by atoms with E-state index >= 15 is 0 Å². The molecule has 104 valence electrons. The first-order chi connectivity index (χ1) is 9.43. The van der Waals surface area contributed by atoms with Crippen LogP contribution in [-0.4, -0.2) is 14.1 Å². The Morgan fingerprint density at radius 2 is 1.95 bits per heavy atom. The Kier molecular flexibility index (Phi) is 3.66. The summed E-state index contributed by atoms with van der Waals surface area (Å²) in [7, 11) is 2.60. The zero-order chi connectivity index (χ0) is 14.9. The third kappa shape index (κ3) is 2.32. The molecule has 2 aromatic rings. The van der Waals surface area contributed by atoms with Gasteiger partial charge in [-0.2, -0.15) is 11.3 Å². The third-order valence-electron chi connectivity index (χ3n) is 2.84. The van der Waals surface area contributed by atoms with Crippen LogP contribution in [0.3, 0.4) is 0 Å². The van der Waals surface area contributed by atoms with Crippen molar-refractivity contribution in [2.45, 2.75) is 0 Å². The molecule has 0 aliphatic heterocycles. The van der Waals surface area contributed by atoms with Crippen LogP contribution in [0.15, 0.2) is 26.4 Å². The maximum absolute atomic E-state index is 11.8. The van der Waals surface area contributed by atoms with E-state index in [0.717, 1.165) is 14.7 Å². The van der Waals surface area contributed by atoms with Crippen molar-refractivity contribution in [2.24, 2.45) is 14.1 Å². The van der Waals surface area contributed by atoms with Gasteiger partial charge in [-0.15, -0.1) is 0 Å². The van der Waals surface area contributed by atoms with Crippen LogP contribution in [0.2, 0.25) is 0 Å². The molecular formula is C12H11N3O4S. The largest absolute Gasteiger partial charge is 0.357 e. The van der Waals surface area contributed by atoms with Gasteiger partial charge in [-0.1, -0.05) is 6.08 Å². The van der Waals surface area contributed by atoms with Gasteiger partial charge in [-0.3, -0.25) is 24.0 Å². The smallest absolute Gasteiger partial charge is 0.291 e. The van der Waals surface area contributed by atoms with Crippen molar-refractivity contribution in [3.05, 3.63) is 59.0 Å². The highest BCUT2D eigenvalue weighted by atomic mass is 32.1. The zero-order valence-corrected chi connectivity index (χ0v) is 11.6. The van der Waals surface area contributed by atoms with Crippen molar-refractivity contribution < 1.29 is 4.92 Å². The second kappa shape index (κ2) is 5.25. The Hall–Kier alpha value is -2.48. The fourth-order valence-corrected chi connectivity index (χ4v) is 2.38. The number of hydrogen-bond donors (Lipinski definition) is 0. The quantitative estimate of drug-likeness (QED) is 0.629. The lowest BCUT2D eigenvalue weighted by Gasteiger charge is -2.06. The molecule has 0 bridgehead atoms. The highest BCUT2D eigenvalue weighted by Gasteiger charge is 2.23. The molecule has 8 heteroatoms. The van der Waals surface area contributed by atoms with E-state index in [9.17, 15) is 19.7 Å². The molecule has 20 heavy (non-hydrogen) atoms. The predicted octanol–water partition coefficient (Wildman–Crippen LogP) is 1.22. The van der Waals surface area contributed by atoms with Gasteiger partial charge in [-0.05, 0) is 28.5 Å². The van der Waals surface area contributed by atoms with Crippen molar-refractivity contribution in [3.8, 4) is 0 Å². The Morgan fingerprint density at radius 3 is 2.50 bits per heavy atom. The molecular weight excluding hydrogens is 282 g/mol. The number of rotatable bonds is 3. The summed E-state index contributed by atoms with van der Waals surface area (Å²) in [6.07, 6.45) is 3.03. The first-order valence-corrected chi connectivity index (χ1v) is 6.52. The average molecular weight is 293 g/mol. The molecule has 0 unspecified atom stereocenters. The third-order valence-corrected chi connectivity index (χ3v) is 3.55. The fourth-order valence-electron chi connectivity index (χ4n) is 1.75. The SMILES string of the molecule is Cn1c(/C=C/c2ccsc2)c([N+](=O)[O-])c(=O)n(C)c1=O. The Labute approximate surface area is 117 Å². The molecule has 0 aromatic carbocycles. The molecule has 0 saturated carbocycles. The Bertz CT molecular complexity index is 799. The minimum Gasteiger partial charge on any atom is -0.291 e. The second-order valence-electron chi connectivity index (χ2n) is 4.09. The minimum absolute atomic E-state index is 0.0192. The first kappa shape index (κ1) is 13.9. The molecule has 2 heterocycles. The van der Waals surface area contributed by atoms with Crippen molar-refractivity contribution in [1.29, 1.82) is 0 Å². The number of aromatic nitrogens is 2. The first-order valence-electron chi connectivity index (χ1n) is 5.58. The summed E-state index contributed by atoms with van der Waals surface area (Å²) in [5.74, 6) is 0.